The van der Waals surface area contributed by atoms with Gasteiger partial charge in [-0.1, -0.05) is 0 Å². The minimum atomic E-state index is 0.0961. The number of carbonyl (C=O) groups excluding carboxylic acids is 1. The van der Waals surface area contributed by atoms with E-state index in [9.17, 15) is 4.79 Å². The summed E-state index contributed by atoms with van der Waals surface area (Å²) in [4.78, 5) is 32.6. The molecule has 0 spiro atoms. The first kappa shape index (κ1) is 25.0. The van der Waals surface area contributed by atoms with Crippen LogP contribution in [0.2, 0.25) is 0 Å². The van der Waals surface area contributed by atoms with E-state index in [0.717, 1.165) is 52.2 Å². The molecule has 4 aromatic rings. The molecular weight excluding hydrogens is 496 g/mol. The smallest absolute Gasteiger partial charge is 0.320 e. The van der Waals surface area contributed by atoms with Crippen molar-refractivity contribution in [2.24, 2.45) is 12.0 Å². The SMILES string of the molecule is C=NCc1cnn2cc(-c3cnn(C)c3)cc(-c3cnc(N4CCN(C(=O)N5CC[C@H](OC)C5)CC4)cn3)c12. The molecule has 4 aromatic heterocycles. The molecule has 2 aliphatic rings. The van der Waals surface area contributed by atoms with Crippen molar-refractivity contribution in [3.05, 3.63) is 48.8 Å². The Bertz CT molecular complexity index is 1490. The first-order valence-corrected chi connectivity index (χ1v) is 13.1. The third-order valence-electron chi connectivity index (χ3n) is 7.55. The van der Waals surface area contributed by atoms with E-state index < -0.39 is 0 Å². The number of amides is 2. The van der Waals surface area contributed by atoms with Crippen molar-refractivity contribution in [3.63, 3.8) is 0 Å². The number of hydrogen-bond acceptors (Lipinski definition) is 8. The van der Waals surface area contributed by atoms with Gasteiger partial charge in [0.15, 0.2) is 0 Å². The summed E-state index contributed by atoms with van der Waals surface area (Å²) in [6.07, 6.45) is 12.3. The van der Waals surface area contributed by atoms with Crippen molar-refractivity contribution in [1.29, 1.82) is 0 Å². The molecule has 0 aromatic carbocycles. The Hall–Kier alpha value is -4.32. The largest absolute Gasteiger partial charge is 0.380 e. The summed E-state index contributed by atoms with van der Waals surface area (Å²) in [5, 5.41) is 8.89. The highest BCUT2D eigenvalue weighted by molar-refractivity contribution is 5.84. The van der Waals surface area contributed by atoms with Gasteiger partial charge < -0.3 is 19.4 Å². The number of urea groups is 1. The molecule has 202 valence electrons. The summed E-state index contributed by atoms with van der Waals surface area (Å²) in [5.41, 5.74) is 5.54. The van der Waals surface area contributed by atoms with Gasteiger partial charge in [-0.15, -0.1) is 0 Å². The molecule has 2 amide bonds. The first-order valence-electron chi connectivity index (χ1n) is 13.1. The van der Waals surface area contributed by atoms with Gasteiger partial charge in [-0.25, -0.2) is 14.3 Å². The Morgan fingerprint density at radius 1 is 1.03 bits per heavy atom. The highest BCUT2D eigenvalue weighted by atomic mass is 16.5. The van der Waals surface area contributed by atoms with Crippen LogP contribution in [-0.4, -0.2) is 104 Å². The number of fused-ring (bicyclic) bond motifs is 1. The quantitative estimate of drug-likeness (QED) is 0.354. The van der Waals surface area contributed by atoms with Crippen LogP contribution >= 0.6 is 0 Å². The molecule has 6 rings (SSSR count). The van der Waals surface area contributed by atoms with Crippen LogP contribution in [0, 0.1) is 0 Å². The van der Waals surface area contributed by atoms with Gasteiger partial charge in [0.25, 0.3) is 0 Å². The lowest BCUT2D eigenvalue weighted by Crippen LogP contribution is -2.52. The lowest BCUT2D eigenvalue weighted by molar-refractivity contribution is 0.105. The van der Waals surface area contributed by atoms with Crippen molar-refractivity contribution in [3.8, 4) is 22.4 Å². The summed E-state index contributed by atoms with van der Waals surface area (Å²) < 4.78 is 9.05. The molecule has 2 fully saturated rings. The van der Waals surface area contributed by atoms with Crippen molar-refractivity contribution >= 4 is 24.1 Å². The van der Waals surface area contributed by atoms with E-state index in [-0.39, 0.29) is 12.1 Å². The van der Waals surface area contributed by atoms with Crippen molar-refractivity contribution in [2.45, 2.75) is 19.1 Å². The van der Waals surface area contributed by atoms with Crippen LogP contribution in [0.1, 0.15) is 12.0 Å². The lowest BCUT2D eigenvalue weighted by atomic mass is 10.0. The fourth-order valence-electron chi connectivity index (χ4n) is 5.39. The molecule has 0 saturated carbocycles. The number of carbonyl (C=O) groups is 1. The summed E-state index contributed by atoms with van der Waals surface area (Å²) in [5.74, 6) is 0.799. The number of rotatable bonds is 6. The van der Waals surface area contributed by atoms with Crippen molar-refractivity contribution < 1.29 is 9.53 Å². The molecular formula is C27H32N10O2. The summed E-state index contributed by atoms with van der Waals surface area (Å²) in [7, 11) is 3.60. The molecule has 12 nitrogen and oxygen atoms in total. The monoisotopic (exact) mass is 528 g/mol. The van der Waals surface area contributed by atoms with E-state index in [2.05, 4.69) is 32.9 Å². The van der Waals surface area contributed by atoms with E-state index in [4.69, 9.17) is 14.7 Å². The number of anilines is 1. The zero-order valence-corrected chi connectivity index (χ0v) is 22.3. The molecule has 6 heterocycles. The number of hydrogen-bond donors (Lipinski definition) is 0. The fraction of sp³-hybridized carbons (Fsp3) is 0.407. The maximum Gasteiger partial charge on any atom is 0.320 e. The Labute approximate surface area is 226 Å². The second-order valence-corrected chi connectivity index (χ2v) is 10.00. The van der Waals surface area contributed by atoms with Gasteiger partial charge in [0.2, 0.25) is 0 Å². The summed E-state index contributed by atoms with van der Waals surface area (Å²) >= 11 is 0. The molecule has 1 atom stereocenters. The second-order valence-electron chi connectivity index (χ2n) is 10.00. The number of pyridine rings is 1. The van der Waals surface area contributed by atoms with E-state index in [1.54, 1.807) is 11.8 Å². The molecule has 0 radical (unpaired) electrons. The van der Waals surface area contributed by atoms with E-state index >= 15 is 0 Å². The Morgan fingerprint density at radius 2 is 1.87 bits per heavy atom. The molecule has 0 N–H and O–H groups in total. The molecule has 2 aliphatic heterocycles. The highest BCUT2D eigenvalue weighted by Crippen LogP contribution is 2.31. The molecule has 0 aliphatic carbocycles. The van der Waals surface area contributed by atoms with Crippen molar-refractivity contribution in [1.82, 2.24) is 39.2 Å². The van der Waals surface area contributed by atoms with Gasteiger partial charge in [-0.2, -0.15) is 10.2 Å². The normalized spacial score (nSPS) is 17.8. The number of likely N-dealkylation sites (tertiary alicyclic amines) is 1. The van der Waals surface area contributed by atoms with Crippen LogP contribution in [0.4, 0.5) is 10.6 Å². The second kappa shape index (κ2) is 10.4. The predicted molar refractivity (Wildman–Crippen MR) is 148 cm³/mol. The van der Waals surface area contributed by atoms with Crippen LogP contribution in [0.25, 0.3) is 27.9 Å². The highest BCUT2D eigenvalue weighted by Gasteiger charge is 2.31. The Balaban J connectivity index is 1.22. The van der Waals surface area contributed by atoms with E-state index in [0.29, 0.717) is 39.3 Å². The number of aryl methyl sites for hydroxylation is 1. The fourth-order valence-corrected chi connectivity index (χ4v) is 5.39. The molecule has 12 heteroatoms. The maximum absolute atomic E-state index is 12.9. The number of methoxy groups -OCH3 is 1. The average Bonchev–Trinajstić information content (AvgIpc) is 3.73. The van der Waals surface area contributed by atoms with Gasteiger partial charge in [-0.05, 0) is 19.2 Å². The maximum atomic E-state index is 12.9. The molecule has 0 bridgehead atoms. The Kier molecular flexibility index (Phi) is 6.69. The van der Waals surface area contributed by atoms with Gasteiger partial charge in [0.05, 0.1) is 48.6 Å². The molecule has 39 heavy (non-hydrogen) atoms. The van der Waals surface area contributed by atoms with Crippen LogP contribution in [0.5, 0.6) is 0 Å². The van der Waals surface area contributed by atoms with Gasteiger partial charge >= 0.3 is 6.03 Å². The van der Waals surface area contributed by atoms with E-state index in [1.165, 1.54) is 0 Å². The zero-order chi connectivity index (χ0) is 26.9. The Morgan fingerprint density at radius 3 is 2.54 bits per heavy atom. The van der Waals surface area contributed by atoms with Crippen LogP contribution < -0.4 is 4.90 Å². The van der Waals surface area contributed by atoms with Gasteiger partial charge in [-0.3, -0.25) is 14.7 Å². The zero-order valence-electron chi connectivity index (χ0n) is 22.3. The summed E-state index contributed by atoms with van der Waals surface area (Å²) in [6, 6.07) is 2.19. The molecule has 2 saturated heterocycles. The number of aliphatic imine (C=N–C) groups is 1. The van der Waals surface area contributed by atoms with Crippen LogP contribution in [-0.2, 0) is 18.3 Å². The lowest BCUT2D eigenvalue weighted by Gasteiger charge is -2.37. The average molecular weight is 529 g/mol. The minimum absolute atomic E-state index is 0.0961. The van der Waals surface area contributed by atoms with Crippen LogP contribution in [0.15, 0.2) is 48.2 Å². The first-order chi connectivity index (χ1) is 19.0. The van der Waals surface area contributed by atoms with Gasteiger partial charge in [0, 0.05) is 88.1 Å². The minimum Gasteiger partial charge on any atom is -0.380 e. The number of ether oxygens (including phenoxy) is 1. The van der Waals surface area contributed by atoms with Crippen LogP contribution in [0.3, 0.4) is 0 Å². The topological polar surface area (TPSA) is 109 Å². The summed E-state index contributed by atoms with van der Waals surface area (Å²) in [6.45, 7) is 8.25. The number of nitrogens with zero attached hydrogens (tertiary/aromatic N) is 10. The van der Waals surface area contributed by atoms with E-state index in [1.807, 2.05) is 58.5 Å². The predicted octanol–water partition coefficient (Wildman–Crippen LogP) is 2.36. The van der Waals surface area contributed by atoms with Crippen molar-refractivity contribution in [2.75, 3.05) is 51.3 Å². The number of aromatic nitrogens is 6. The van der Waals surface area contributed by atoms with Gasteiger partial charge in [0.1, 0.15) is 5.82 Å². The third kappa shape index (κ3) is 4.83. The standard InChI is InChI=1S/C27H32N10O2/c1-28-11-20-12-32-37-17-19(21-13-31-33(2)16-21)10-23(26(20)37)24-14-30-25(15-29-24)34-6-8-35(9-7-34)27(38)36-5-4-22(18-36)39-3/h10,12-17,22H,1,4-9,11,18H2,2-3H3/t22-/m0/s1. The molecule has 0 unspecified atom stereocenters. The number of piperazine rings is 1. The third-order valence-corrected chi connectivity index (χ3v) is 7.55.